The molecule has 0 amide bonds. The van der Waals surface area contributed by atoms with Gasteiger partial charge in [-0.15, -0.1) is 0 Å². The molecule has 0 aromatic carbocycles. The van der Waals surface area contributed by atoms with E-state index in [1.54, 1.807) is 0 Å². The number of nitrogens with one attached hydrogen (secondary N) is 1. The molecule has 0 aromatic heterocycles. The Hall–Kier alpha value is -0.992. The van der Waals surface area contributed by atoms with E-state index in [0.717, 1.165) is 43.1 Å². The van der Waals surface area contributed by atoms with Crippen LogP contribution in [0.2, 0.25) is 65.0 Å². The zero-order valence-corrected chi connectivity index (χ0v) is 26.7. The van der Waals surface area contributed by atoms with E-state index in [1.165, 1.54) is 0 Å². The van der Waals surface area contributed by atoms with Gasteiger partial charge in [0.05, 0.1) is 0 Å². The summed E-state index contributed by atoms with van der Waals surface area (Å²) in [5.74, 6) is 0. The first-order valence-corrected chi connectivity index (χ1v) is 24.0. The highest BCUT2D eigenvalue weighted by Gasteiger charge is 2.44. The monoisotopic (exact) mass is 587 g/mol. The zero-order chi connectivity index (χ0) is 25.7. The fourth-order valence-corrected chi connectivity index (χ4v) is 22.5. The summed E-state index contributed by atoms with van der Waals surface area (Å²) in [7, 11) is -8.19. The average molecular weight is 588 g/mol. The van der Waals surface area contributed by atoms with E-state index in [4.69, 9.17) is 12.3 Å². The number of rotatable bonds is 11. The van der Waals surface area contributed by atoms with Gasteiger partial charge in [-0.2, -0.15) is 10.5 Å². The molecular weight excluding hydrogens is 527 g/mol. The first-order chi connectivity index (χ1) is 14.8. The largest absolute Gasteiger partial charge is 0.437 e. The summed E-state index contributed by atoms with van der Waals surface area (Å²) in [6.07, 6.45) is 4.58. The van der Waals surface area contributed by atoms with Crippen LogP contribution < -0.4 is 5.32 Å². The third-order valence-electron chi connectivity index (χ3n) is 4.93. The van der Waals surface area contributed by atoms with E-state index in [0.29, 0.717) is 0 Å². The summed E-state index contributed by atoms with van der Waals surface area (Å²) < 4.78 is 19.9. The van der Waals surface area contributed by atoms with Crippen molar-refractivity contribution in [2.45, 2.75) is 128 Å². The Morgan fingerprint density at radius 1 is 0.838 bits per heavy atom. The van der Waals surface area contributed by atoms with Crippen LogP contribution in [0.3, 0.4) is 0 Å². The first kappa shape index (κ1) is 43.1. The SMILES string of the molecule is C.C.C.C.CC1(C)CC(NCCC[Si](C)(O[Si](C)(C)C)O[Si](C)(C)O[Si](C)(C)C)=CC(=C(C#N)C#N)C1. The lowest BCUT2D eigenvalue weighted by atomic mass is 9.76. The van der Waals surface area contributed by atoms with Gasteiger partial charge in [-0.1, -0.05) is 43.6 Å². The predicted octanol–water partition coefficient (Wildman–Crippen LogP) is 9.05. The molecule has 1 N–H and O–H groups in total. The van der Waals surface area contributed by atoms with Crippen LogP contribution >= 0.6 is 0 Å². The summed E-state index contributed by atoms with van der Waals surface area (Å²) in [4.78, 5) is 0. The van der Waals surface area contributed by atoms with Gasteiger partial charge in [0.2, 0.25) is 0 Å². The summed E-state index contributed by atoms with van der Waals surface area (Å²) in [6, 6.07) is 4.99. The molecule has 1 aliphatic rings. The number of allylic oxidation sites excluding steroid dienone is 4. The molecule has 1 aliphatic carbocycles. The molecule has 0 radical (unpaired) electrons. The Labute approximate surface area is 236 Å². The summed E-state index contributed by atoms with van der Waals surface area (Å²) >= 11 is 0. The van der Waals surface area contributed by atoms with Gasteiger partial charge >= 0.3 is 17.1 Å². The highest BCUT2D eigenvalue weighted by atomic mass is 28.5. The van der Waals surface area contributed by atoms with Crippen molar-refractivity contribution in [2.24, 2.45) is 5.41 Å². The van der Waals surface area contributed by atoms with Gasteiger partial charge in [0, 0.05) is 12.2 Å². The molecule has 0 heterocycles. The van der Waals surface area contributed by atoms with Crippen LogP contribution in [0.1, 0.15) is 62.8 Å². The van der Waals surface area contributed by atoms with Crippen molar-refractivity contribution in [1.29, 1.82) is 10.5 Å². The Morgan fingerprint density at radius 2 is 1.32 bits per heavy atom. The second-order valence-electron chi connectivity index (χ2n) is 12.4. The van der Waals surface area contributed by atoms with Crippen LogP contribution in [0.15, 0.2) is 22.9 Å². The average Bonchev–Trinajstić information content (AvgIpc) is 2.54. The molecule has 0 saturated carbocycles. The molecule has 0 fully saturated rings. The number of nitriles is 2. The second kappa shape index (κ2) is 16.2. The fraction of sp³-hybridized carbons (Fsp3) is 0.778. The van der Waals surface area contributed by atoms with Gasteiger partial charge in [0.25, 0.3) is 0 Å². The van der Waals surface area contributed by atoms with Crippen LogP contribution in [0.4, 0.5) is 0 Å². The zero-order valence-electron chi connectivity index (χ0n) is 22.7. The Bertz CT molecular complexity index is 829. The van der Waals surface area contributed by atoms with Crippen molar-refractivity contribution in [2.75, 3.05) is 6.54 Å². The number of nitrogens with zero attached hydrogens (tertiary/aromatic N) is 2. The third-order valence-corrected chi connectivity index (χ3v) is 18.5. The van der Waals surface area contributed by atoms with E-state index >= 15 is 0 Å². The maximum absolute atomic E-state index is 9.29. The Morgan fingerprint density at radius 3 is 1.76 bits per heavy atom. The quantitative estimate of drug-likeness (QED) is 0.147. The highest BCUT2D eigenvalue weighted by Crippen LogP contribution is 2.38. The van der Waals surface area contributed by atoms with Gasteiger partial charge in [0.1, 0.15) is 17.7 Å². The van der Waals surface area contributed by atoms with E-state index in [1.807, 2.05) is 18.2 Å². The molecule has 6 nitrogen and oxygen atoms in total. The van der Waals surface area contributed by atoms with Crippen molar-refractivity contribution in [3.8, 4) is 12.1 Å². The van der Waals surface area contributed by atoms with Crippen molar-refractivity contribution in [1.82, 2.24) is 5.32 Å². The normalized spacial score (nSPS) is 16.6. The second-order valence-corrected chi connectivity index (χ2v) is 28.9. The molecule has 1 rings (SSSR count). The molecule has 0 spiro atoms. The van der Waals surface area contributed by atoms with Gasteiger partial charge < -0.3 is 17.7 Å². The maximum Gasteiger partial charge on any atom is 0.315 e. The minimum absolute atomic E-state index is 0. The minimum atomic E-state index is -2.41. The molecular formula is C27H61N3O3Si4. The Balaban J connectivity index is -0.00000136. The van der Waals surface area contributed by atoms with Crippen LogP contribution in [-0.2, 0) is 12.3 Å². The Kier molecular flexibility index (Phi) is 18.8. The lowest BCUT2D eigenvalue weighted by Gasteiger charge is -2.41. The number of hydrogen-bond acceptors (Lipinski definition) is 6. The molecule has 218 valence electrons. The van der Waals surface area contributed by atoms with E-state index < -0.39 is 33.8 Å². The van der Waals surface area contributed by atoms with Crippen LogP contribution in [0.5, 0.6) is 0 Å². The molecule has 1 unspecified atom stereocenters. The lowest BCUT2D eigenvalue weighted by molar-refractivity contribution is 0.321. The lowest BCUT2D eigenvalue weighted by Crippen LogP contribution is -2.56. The topological polar surface area (TPSA) is 87.3 Å². The van der Waals surface area contributed by atoms with Crippen molar-refractivity contribution < 1.29 is 12.3 Å². The van der Waals surface area contributed by atoms with Crippen molar-refractivity contribution >= 4 is 33.8 Å². The molecule has 1 atom stereocenters. The molecule has 0 saturated heterocycles. The van der Waals surface area contributed by atoms with Gasteiger partial charge in [0.15, 0.2) is 16.6 Å². The van der Waals surface area contributed by atoms with E-state index in [2.05, 4.69) is 78.1 Å². The molecule has 0 aromatic rings. The number of hydrogen-bond donors (Lipinski definition) is 1. The van der Waals surface area contributed by atoms with Crippen LogP contribution in [0, 0.1) is 28.1 Å². The van der Waals surface area contributed by atoms with E-state index in [-0.39, 0.29) is 40.7 Å². The standard InChI is InChI=1S/C23H45N3O3Si4.4CH4/c1-23(2)16-20(21(18-24)19-25)15-22(17-23)26-13-12-14-33(11,28-31(6,7)8)29-32(9,10)27-30(3,4)5;;;;/h15,26H,12-14,16-17H2,1-11H3;4*1H4. The van der Waals surface area contributed by atoms with Gasteiger partial charge in [-0.05, 0) is 101 Å². The molecule has 10 heteroatoms. The third kappa shape index (κ3) is 17.3. The summed E-state index contributed by atoms with van der Waals surface area (Å²) in [5, 5.41) is 22.1. The van der Waals surface area contributed by atoms with E-state index in [9.17, 15) is 10.5 Å². The summed E-state index contributed by atoms with van der Waals surface area (Å²) in [6.45, 7) is 24.9. The predicted molar refractivity (Wildman–Crippen MR) is 173 cm³/mol. The minimum Gasteiger partial charge on any atom is -0.437 e. The van der Waals surface area contributed by atoms with Crippen LogP contribution in [-0.4, -0.2) is 40.3 Å². The maximum atomic E-state index is 9.29. The van der Waals surface area contributed by atoms with Gasteiger partial charge in [-0.3, -0.25) is 0 Å². The fourth-order valence-electron chi connectivity index (χ4n) is 4.56. The van der Waals surface area contributed by atoms with Gasteiger partial charge in [-0.25, -0.2) is 0 Å². The first-order valence-electron chi connectivity index (χ1n) is 11.9. The van der Waals surface area contributed by atoms with Crippen molar-refractivity contribution in [3.63, 3.8) is 0 Å². The molecule has 0 aliphatic heterocycles. The summed E-state index contributed by atoms with van der Waals surface area (Å²) in [5.41, 5.74) is 2.16. The van der Waals surface area contributed by atoms with Crippen LogP contribution in [0.25, 0.3) is 0 Å². The highest BCUT2D eigenvalue weighted by molar-refractivity contribution is 6.89. The smallest absolute Gasteiger partial charge is 0.315 e. The molecule has 0 bridgehead atoms. The van der Waals surface area contributed by atoms with Crippen molar-refractivity contribution in [3.05, 3.63) is 22.9 Å². The molecule has 37 heavy (non-hydrogen) atoms.